The van der Waals surface area contributed by atoms with Crippen molar-refractivity contribution in [2.75, 3.05) is 41.4 Å². The number of nitro benzene ring substituents is 1. The monoisotopic (exact) mass is 327 g/mol. The average Bonchev–Trinajstić information content (AvgIpc) is 2.52. The first-order chi connectivity index (χ1) is 10.7. The lowest BCUT2D eigenvalue weighted by molar-refractivity contribution is -0.384. The Kier molecular flexibility index (Phi) is 10.1. The predicted octanol–water partition coefficient (Wildman–Crippen LogP) is 1.85. The van der Waals surface area contributed by atoms with E-state index in [9.17, 15) is 10.1 Å². The number of nitro groups is 1. The zero-order chi connectivity index (χ0) is 18.0. The van der Waals surface area contributed by atoms with Gasteiger partial charge in [0.05, 0.1) is 11.5 Å². The van der Waals surface area contributed by atoms with Gasteiger partial charge < -0.3 is 19.6 Å². The summed E-state index contributed by atoms with van der Waals surface area (Å²) in [6.07, 6.45) is 0. The van der Waals surface area contributed by atoms with Crippen LogP contribution in [0.2, 0.25) is 0 Å². The minimum absolute atomic E-state index is 0.0769. The smallest absolute Gasteiger partial charge is 0.269 e. The number of ether oxygens (including phenoxy) is 1. The zero-order valence-corrected chi connectivity index (χ0v) is 14.9. The molecule has 23 heavy (non-hydrogen) atoms. The van der Waals surface area contributed by atoms with Gasteiger partial charge in [-0.3, -0.25) is 10.1 Å². The largest absolute Gasteiger partial charge is 0.492 e. The van der Waals surface area contributed by atoms with Gasteiger partial charge in [0, 0.05) is 24.2 Å². The van der Waals surface area contributed by atoms with Crippen LogP contribution in [0.5, 0.6) is 5.75 Å². The predicted molar refractivity (Wildman–Crippen MR) is 92.0 cm³/mol. The average molecular weight is 327 g/mol. The Balaban J connectivity index is 0.000000585. The van der Waals surface area contributed by atoms with Gasteiger partial charge in [-0.1, -0.05) is 0 Å². The molecule has 0 aromatic heterocycles. The summed E-state index contributed by atoms with van der Waals surface area (Å²) in [5, 5.41) is 18.9. The van der Waals surface area contributed by atoms with Gasteiger partial charge in [0.1, 0.15) is 12.4 Å². The van der Waals surface area contributed by atoms with Crippen LogP contribution in [0, 0.1) is 10.1 Å². The Bertz CT molecular complexity index is 449. The molecule has 1 N–H and O–H groups in total. The van der Waals surface area contributed by atoms with E-state index in [1.54, 1.807) is 12.1 Å². The third kappa shape index (κ3) is 9.12. The van der Waals surface area contributed by atoms with E-state index in [1.807, 2.05) is 51.8 Å². The third-order valence-electron chi connectivity index (χ3n) is 3.57. The Morgan fingerprint density at radius 2 is 1.57 bits per heavy atom. The molecule has 0 radical (unpaired) electrons. The number of nitrogens with zero attached hydrogens (tertiary/aromatic N) is 3. The molecule has 0 heterocycles. The summed E-state index contributed by atoms with van der Waals surface area (Å²) in [4.78, 5) is 14.0. The van der Waals surface area contributed by atoms with Gasteiger partial charge in [-0.2, -0.15) is 0 Å². The van der Waals surface area contributed by atoms with Crippen LogP contribution in [0.15, 0.2) is 24.3 Å². The van der Waals surface area contributed by atoms with Crippen LogP contribution in [-0.4, -0.2) is 73.3 Å². The van der Waals surface area contributed by atoms with E-state index in [-0.39, 0.29) is 12.3 Å². The quantitative estimate of drug-likeness (QED) is 0.608. The number of aliphatic hydroxyl groups excluding tert-OH is 1. The summed E-state index contributed by atoms with van der Waals surface area (Å²) < 4.78 is 5.50. The molecule has 2 unspecified atom stereocenters. The van der Waals surface area contributed by atoms with Crippen molar-refractivity contribution >= 4 is 5.69 Å². The molecule has 2 atom stereocenters. The van der Waals surface area contributed by atoms with Crippen LogP contribution in [0.4, 0.5) is 5.69 Å². The van der Waals surface area contributed by atoms with Crippen LogP contribution in [0.3, 0.4) is 0 Å². The first-order valence-corrected chi connectivity index (χ1v) is 7.50. The summed E-state index contributed by atoms with van der Waals surface area (Å²) >= 11 is 0. The van der Waals surface area contributed by atoms with Crippen molar-refractivity contribution in [2.45, 2.75) is 25.9 Å². The molecular weight excluding hydrogens is 298 g/mol. The molecule has 7 nitrogen and oxygen atoms in total. The van der Waals surface area contributed by atoms with Crippen LogP contribution >= 0.6 is 0 Å². The topological polar surface area (TPSA) is 79.1 Å². The van der Waals surface area contributed by atoms with E-state index >= 15 is 0 Å². The second-order valence-corrected chi connectivity index (χ2v) is 5.87. The minimum Gasteiger partial charge on any atom is -0.492 e. The van der Waals surface area contributed by atoms with Gasteiger partial charge in [-0.25, -0.2) is 0 Å². The lowest BCUT2D eigenvalue weighted by Crippen LogP contribution is -2.30. The van der Waals surface area contributed by atoms with E-state index in [0.717, 1.165) is 0 Å². The number of hydrogen-bond acceptors (Lipinski definition) is 6. The number of likely N-dealkylation sites (N-methyl/N-ethyl adjacent to an activating group) is 2. The fraction of sp³-hybridized carbons (Fsp3) is 0.625. The standard InChI is InChI=1S/C11H16N2O3.C5H13NO/c1-9(12(2)3)8-16-11-6-4-10(5-7-11)13(14)15;1-5(4-7)6(2)3/h4-7,9H,8H2,1-3H3;5,7H,4H2,1-3H3. The zero-order valence-electron chi connectivity index (χ0n) is 14.9. The number of benzene rings is 1. The van der Waals surface area contributed by atoms with E-state index in [1.165, 1.54) is 12.1 Å². The van der Waals surface area contributed by atoms with E-state index in [2.05, 4.69) is 0 Å². The highest BCUT2D eigenvalue weighted by Crippen LogP contribution is 2.17. The van der Waals surface area contributed by atoms with Crippen molar-refractivity contribution in [1.82, 2.24) is 9.80 Å². The Morgan fingerprint density at radius 3 is 1.87 bits per heavy atom. The molecule has 132 valence electrons. The molecule has 1 rings (SSSR count). The molecule has 0 aliphatic carbocycles. The normalized spacial score (nSPS) is 13.3. The van der Waals surface area contributed by atoms with Crippen LogP contribution < -0.4 is 4.74 Å². The lowest BCUT2D eigenvalue weighted by atomic mass is 10.3. The maximum absolute atomic E-state index is 10.4. The second-order valence-electron chi connectivity index (χ2n) is 5.87. The maximum atomic E-state index is 10.4. The molecule has 0 saturated carbocycles. The van der Waals surface area contributed by atoms with E-state index < -0.39 is 4.92 Å². The first-order valence-electron chi connectivity index (χ1n) is 7.50. The fourth-order valence-electron chi connectivity index (χ4n) is 1.19. The van der Waals surface area contributed by atoms with E-state index in [4.69, 9.17) is 9.84 Å². The van der Waals surface area contributed by atoms with Crippen molar-refractivity contribution in [3.8, 4) is 5.75 Å². The maximum Gasteiger partial charge on any atom is 0.269 e. The molecule has 7 heteroatoms. The molecule has 0 saturated heterocycles. The summed E-state index contributed by atoms with van der Waals surface area (Å²) in [6, 6.07) is 6.70. The van der Waals surface area contributed by atoms with Crippen molar-refractivity contribution in [1.29, 1.82) is 0 Å². The SMILES string of the molecule is CC(CO)N(C)C.CC(COc1ccc([N+](=O)[O-])cc1)N(C)C. The van der Waals surface area contributed by atoms with Crippen molar-refractivity contribution in [2.24, 2.45) is 0 Å². The number of rotatable bonds is 7. The van der Waals surface area contributed by atoms with Crippen molar-refractivity contribution < 1.29 is 14.8 Å². The molecule has 0 aliphatic rings. The highest BCUT2D eigenvalue weighted by Gasteiger charge is 2.07. The van der Waals surface area contributed by atoms with Crippen LogP contribution in [0.25, 0.3) is 0 Å². The Labute approximate surface area is 138 Å². The van der Waals surface area contributed by atoms with Crippen LogP contribution in [-0.2, 0) is 0 Å². The minimum atomic E-state index is -0.424. The molecule has 0 aliphatic heterocycles. The third-order valence-corrected chi connectivity index (χ3v) is 3.57. The number of non-ortho nitro benzene ring substituents is 1. The van der Waals surface area contributed by atoms with Gasteiger partial charge >= 0.3 is 0 Å². The molecule has 0 fully saturated rings. The second kappa shape index (κ2) is 10.9. The lowest BCUT2D eigenvalue weighted by Gasteiger charge is -2.19. The van der Waals surface area contributed by atoms with Crippen molar-refractivity contribution in [3.05, 3.63) is 34.4 Å². The summed E-state index contributed by atoms with van der Waals surface area (Å²) in [5.74, 6) is 0.652. The summed E-state index contributed by atoms with van der Waals surface area (Å²) in [6.45, 7) is 4.82. The van der Waals surface area contributed by atoms with Gasteiger partial charge in [0.15, 0.2) is 0 Å². The highest BCUT2D eigenvalue weighted by molar-refractivity contribution is 5.35. The van der Waals surface area contributed by atoms with Gasteiger partial charge in [0.2, 0.25) is 0 Å². The van der Waals surface area contributed by atoms with Gasteiger partial charge in [0.25, 0.3) is 5.69 Å². The van der Waals surface area contributed by atoms with Crippen molar-refractivity contribution in [3.63, 3.8) is 0 Å². The van der Waals surface area contributed by atoms with Gasteiger partial charge in [-0.15, -0.1) is 0 Å². The first kappa shape index (κ1) is 21.3. The van der Waals surface area contributed by atoms with E-state index in [0.29, 0.717) is 24.4 Å². The highest BCUT2D eigenvalue weighted by atomic mass is 16.6. The molecule has 1 aromatic rings. The molecular formula is C16H29N3O4. The number of aliphatic hydroxyl groups is 1. The summed E-state index contributed by atoms with van der Waals surface area (Å²) in [7, 11) is 7.84. The number of hydrogen-bond donors (Lipinski definition) is 1. The van der Waals surface area contributed by atoms with Crippen LogP contribution in [0.1, 0.15) is 13.8 Å². The molecule has 0 bridgehead atoms. The molecule has 0 spiro atoms. The fourth-order valence-corrected chi connectivity index (χ4v) is 1.19. The Morgan fingerprint density at radius 1 is 1.09 bits per heavy atom. The Hall–Kier alpha value is -1.70. The van der Waals surface area contributed by atoms with Gasteiger partial charge in [-0.05, 0) is 54.2 Å². The molecule has 1 aromatic carbocycles. The molecule has 0 amide bonds. The summed E-state index contributed by atoms with van der Waals surface area (Å²) in [5.41, 5.74) is 0.0769.